The highest BCUT2D eigenvalue weighted by atomic mass is 32.2. The Labute approximate surface area is 232 Å². The standard InChI is InChI=1S/C32H28N4O2S/c1-21-15-29(35-38-21)31(37)36(26-10-12-27(39-4)13-11-26)19-22-7-5-8-23(16-22)28-18-25(32(2,3)20-33)17-24-9-6-14-34-30(24)28/h5-18H,19H2,1-4H3. The molecule has 3 aromatic carbocycles. The average molecular weight is 533 g/mol. The fourth-order valence-corrected chi connectivity index (χ4v) is 4.91. The van der Waals surface area contributed by atoms with Crippen LogP contribution in [-0.2, 0) is 12.0 Å². The minimum absolute atomic E-state index is 0.237. The van der Waals surface area contributed by atoms with Crippen LogP contribution in [0.15, 0.2) is 94.5 Å². The number of carbonyl (C=O) groups excluding carboxylic acids is 1. The summed E-state index contributed by atoms with van der Waals surface area (Å²) in [5.74, 6) is 0.344. The zero-order valence-corrected chi connectivity index (χ0v) is 23.1. The summed E-state index contributed by atoms with van der Waals surface area (Å²) >= 11 is 1.65. The largest absolute Gasteiger partial charge is 0.361 e. The van der Waals surface area contributed by atoms with E-state index in [2.05, 4.69) is 28.3 Å². The number of rotatable bonds is 7. The normalized spacial score (nSPS) is 11.4. The third-order valence-electron chi connectivity index (χ3n) is 6.76. The molecule has 5 aromatic rings. The van der Waals surface area contributed by atoms with E-state index in [1.165, 1.54) is 0 Å². The van der Waals surface area contributed by atoms with Gasteiger partial charge < -0.3 is 9.42 Å². The Hall–Kier alpha value is -4.41. The minimum Gasteiger partial charge on any atom is -0.361 e. The number of benzene rings is 3. The lowest BCUT2D eigenvalue weighted by atomic mass is 9.83. The number of amides is 1. The molecule has 6 nitrogen and oxygen atoms in total. The second-order valence-corrected chi connectivity index (χ2v) is 10.8. The van der Waals surface area contributed by atoms with Crippen molar-refractivity contribution in [1.29, 1.82) is 5.26 Å². The summed E-state index contributed by atoms with van der Waals surface area (Å²) in [4.78, 5) is 21.1. The van der Waals surface area contributed by atoms with E-state index in [-0.39, 0.29) is 11.6 Å². The van der Waals surface area contributed by atoms with Gasteiger partial charge in [-0.1, -0.05) is 29.4 Å². The Morgan fingerprint density at radius 2 is 1.85 bits per heavy atom. The topological polar surface area (TPSA) is 83.0 Å². The lowest BCUT2D eigenvalue weighted by molar-refractivity contribution is 0.0976. The highest BCUT2D eigenvalue weighted by Gasteiger charge is 2.24. The number of pyridine rings is 1. The van der Waals surface area contributed by atoms with Crippen LogP contribution < -0.4 is 4.90 Å². The predicted octanol–water partition coefficient (Wildman–Crippen LogP) is 7.57. The van der Waals surface area contributed by atoms with Gasteiger partial charge in [-0.25, -0.2) is 0 Å². The number of carbonyl (C=O) groups is 1. The van der Waals surface area contributed by atoms with Crippen LogP contribution in [0.2, 0.25) is 0 Å². The summed E-state index contributed by atoms with van der Waals surface area (Å²) in [7, 11) is 0. The Morgan fingerprint density at radius 1 is 1.05 bits per heavy atom. The maximum Gasteiger partial charge on any atom is 0.280 e. The van der Waals surface area contributed by atoms with Crippen molar-refractivity contribution in [3.05, 3.63) is 108 Å². The molecule has 0 atom stereocenters. The quantitative estimate of drug-likeness (QED) is 0.201. The van der Waals surface area contributed by atoms with Gasteiger partial charge >= 0.3 is 0 Å². The molecule has 39 heavy (non-hydrogen) atoms. The number of anilines is 1. The van der Waals surface area contributed by atoms with Crippen molar-refractivity contribution < 1.29 is 9.32 Å². The fourth-order valence-electron chi connectivity index (χ4n) is 4.51. The third-order valence-corrected chi connectivity index (χ3v) is 7.50. The first-order valence-electron chi connectivity index (χ1n) is 12.6. The number of nitriles is 1. The summed E-state index contributed by atoms with van der Waals surface area (Å²) in [6.45, 7) is 5.95. The first-order chi connectivity index (χ1) is 18.8. The van der Waals surface area contributed by atoms with Crippen molar-refractivity contribution in [2.45, 2.75) is 37.6 Å². The zero-order valence-electron chi connectivity index (χ0n) is 22.3. The molecule has 2 aromatic heterocycles. The number of hydrogen-bond donors (Lipinski definition) is 0. The molecule has 5 rings (SSSR count). The van der Waals surface area contributed by atoms with E-state index in [4.69, 9.17) is 4.52 Å². The van der Waals surface area contributed by atoms with Gasteiger partial charge in [0.15, 0.2) is 5.69 Å². The van der Waals surface area contributed by atoms with Gasteiger partial charge in [-0.2, -0.15) is 5.26 Å². The molecular formula is C32H28N4O2S. The lowest BCUT2D eigenvalue weighted by Gasteiger charge is -2.23. The molecule has 1 amide bonds. The molecule has 0 radical (unpaired) electrons. The molecule has 0 saturated heterocycles. The summed E-state index contributed by atoms with van der Waals surface area (Å²) in [6.07, 6.45) is 3.80. The Morgan fingerprint density at radius 3 is 2.54 bits per heavy atom. The third kappa shape index (κ3) is 5.43. The molecule has 0 aliphatic rings. The van der Waals surface area contributed by atoms with Gasteiger partial charge in [0.1, 0.15) is 5.76 Å². The van der Waals surface area contributed by atoms with Crippen LogP contribution in [0.5, 0.6) is 0 Å². The van der Waals surface area contributed by atoms with Crippen molar-refractivity contribution in [1.82, 2.24) is 10.1 Å². The number of fused-ring (bicyclic) bond motifs is 1. The number of aryl methyl sites for hydroxylation is 1. The van der Waals surface area contributed by atoms with E-state index < -0.39 is 5.41 Å². The Balaban J connectivity index is 1.58. The first kappa shape index (κ1) is 26.2. The van der Waals surface area contributed by atoms with E-state index in [9.17, 15) is 10.1 Å². The highest BCUT2D eigenvalue weighted by molar-refractivity contribution is 7.98. The second-order valence-electron chi connectivity index (χ2n) is 9.95. The van der Waals surface area contributed by atoms with E-state index in [1.54, 1.807) is 35.8 Å². The Kier molecular flexibility index (Phi) is 7.23. The zero-order chi connectivity index (χ0) is 27.6. The smallest absolute Gasteiger partial charge is 0.280 e. The molecule has 0 bridgehead atoms. The number of thioether (sulfide) groups is 1. The molecule has 0 spiro atoms. The Bertz CT molecular complexity index is 1700. The molecule has 0 fully saturated rings. The van der Waals surface area contributed by atoms with Crippen LogP contribution in [0.1, 0.15) is 41.2 Å². The van der Waals surface area contributed by atoms with Crippen LogP contribution >= 0.6 is 11.8 Å². The molecule has 7 heteroatoms. The molecule has 0 unspecified atom stereocenters. The van der Waals surface area contributed by atoms with Gasteiger partial charge in [-0.05, 0) is 92.2 Å². The molecule has 0 aliphatic heterocycles. The van der Waals surface area contributed by atoms with Gasteiger partial charge in [0.25, 0.3) is 5.91 Å². The van der Waals surface area contributed by atoms with Crippen LogP contribution in [0.4, 0.5) is 5.69 Å². The van der Waals surface area contributed by atoms with E-state index in [1.807, 2.05) is 80.8 Å². The van der Waals surface area contributed by atoms with Crippen LogP contribution in [-0.4, -0.2) is 22.3 Å². The van der Waals surface area contributed by atoms with Gasteiger partial charge in [-0.3, -0.25) is 9.78 Å². The van der Waals surface area contributed by atoms with E-state index >= 15 is 0 Å². The number of aromatic nitrogens is 2. The van der Waals surface area contributed by atoms with Gasteiger partial charge in [0.2, 0.25) is 0 Å². The van der Waals surface area contributed by atoms with Crippen LogP contribution in [0, 0.1) is 18.3 Å². The van der Waals surface area contributed by atoms with Gasteiger partial charge in [-0.15, -0.1) is 11.8 Å². The summed E-state index contributed by atoms with van der Waals surface area (Å²) in [6, 6.07) is 28.1. The number of nitrogens with zero attached hydrogens (tertiary/aromatic N) is 4. The minimum atomic E-state index is -0.654. The van der Waals surface area contributed by atoms with Gasteiger partial charge in [0.05, 0.1) is 23.5 Å². The molecule has 194 valence electrons. The van der Waals surface area contributed by atoms with Crippen molar-refractivity contribution in [2.24, 2.45) is 0 Å². The monoisotopic (exact) mass is 532 g/mol. The molecule has 0 saturated carbocycles. The fraction of sp³-hybridized carbons (Fsp3) is 0.188. The van der Waals surface area contributed by atoms with Crippen LogP contribution in [0.3, 0.4) is 0 Å². The van der Waals surface area contributed by atoms with Gasteiger partial charge in [0, 0.05) is 33.8 Å². The molecule has 0 N–H and O–H groups in total. The molecular weight excluding hydrogens is 504 g/mol. The van der Waals surface area contributed by atoms with E-state index in [0.29, 0.717) is 12.3 Å². The van der Waals surface area contributed by atoms with Crippen LogP contribution in [0.25, 0.3) is 22.0 Å². The van der Waals surface area contributed by atoms with Crippen molar-refractivity contribution in [3.63, 3.8) is 0 Å². The maximum atomic E-state index is 13.6. The second kappa shape index (κ2) is 10.8. The summed E-state index contributed by atoms with van der Waals surface area (Å²) in [5.41, 5.74) is 5.04. The highest BCUT2D eigenvalue weighted by Crippen LogP contribution is 2.34. The molecule has 0 aliphatic carbocycles. The van der Waals surface area contributed by atoms with Crippen molar-refractivity contribution in [3.8, 4) is 17.2 Å². The van der Waals surface area contributed by atoms with Crippen molar-refractivity contribution in [2.75, 3.05) is 11.2 Å². The van der Waals surface area contributed by atoms with Crippen molar-refractivity contribution >= 4 is 34.3 Å². The SMILES string of the molecule is CSc1ccc(N(Cc2cccc(-c3cc(C(C)(C)C#N)cc4cccnc34)c2)C(=O)c2cc(C)on2)cc1. The van der Waals surface area contributed by atoms with E-state index in [0.717, 1.165) is 43.7 Å². The maximum absolute atomic E-state index is 13.6. The summed E-state index contributed by atoms with van der Waals surface area (Å²) < 4.78 is 5.19. The summed E-state index contributed by atoms with van der Waals surface area (Å²) in [5, 5.41) is 14.7. The predicted molar refractivity (Wildman–Crippen MR) is 156 cm³/mol. The first-order valence-corrected chi connectivity index (χ1v) is 13.8. The lowest BCUT2D eigenvalue weighted by Crippen LogP contribution is -2.30. The average Bonchev–Trinajstić information content (AvgIpc) is 3.41. The number of hydrogen-bond acceptors (Lipinski definition) is 6. The molecule has 2 heterocycles.